The van der Waals surface area contributed by atoms with Crippen LogP contribution in [0.2, 0.25) is 10.0 Å². The second kappa shape index (κ2) is 12.6. The van der Waals surface area contributed by atoms with E-state index < -0.39 is 26.7 Å². The number of hydrogen-bond acceptors (Lipinski definition) is 7. The summed E-state index contributed by atoms with van der Waals surface area (Å²) in [6, 6.07) is 15.5. The number of carbonyl (C=O) groups excluding carboxylic acids is 1. The normalized spacial score (nSPS) is 11.4. The number of amides is 1. The van der Waals surface area contributed by atoms with Crippen molar-refractivity contribution >= 4 is 67.1 Å². The van der Waals surface area contributed by atoms with E-state index in [1.54, 1.807) is 49.4 Å². The van der Waals surface area contributed by atoms with Crippen LogP contribution in [-0.4, -0.2) is 26.0 Å². The van der Waals surface area contributed by atoms with Gasteiger partial charge in [0.2, 0.25) is 0 Å². The van der Waals surface area contributed by atoms with Gasteiger partial charge in [-0.3, -0.25) is 9.35 Å². The summed E-state index contributed by atoms with van der Waals surface area (Å²) in [5.74, 6) is -1.27. The van der Waals surface area contributed by atoms with Gasteiger partial charge in [-0.25, -0.2) is 0 Å². The molecule has 13 heteroatoms. The molecule has 196 valence electrons. The molecule has 0 unspecified atom stereocenters. The van der Waals surface area contributed by atoms with Crippen molar-refractivity contribution in [2.45, 2.75) is 18.2 Å². The van der Waals surface area contributed by atoms with E-state index in [-0.39, 0.29) is 80.0 Å². The number of azo groups is 1. The Morgan fingerprint density at radius 1 is 1.08 bits per heavy atom. The zero-order valence-electron chi connectivity index (χ0n) is 21.0. The molecular formula is C26H20Cl2N3NaO6S. The number of fused-ring (bicyclic) bond motifs is 1. The Labute approximate surface area is 256 Å². The van der Waals surface area contributed by atoms with Gasteiger partial charge >= 0.3 is 29.6 Å². The molecule has 0 saturated heterocycles. The molecule has 39 heavy (non-hydrogen) atoms. The van der Waals surface area contributed by atoms with Crippen molar-refractivity contribution < 1.29 is 57.2 Å². The minimum atomic E-state index is -4.69. The van der Waals surface area contributed by atoms with Crippen LogP contribution in [0.1, 0.15) is 22.8 Å². The number of hydrogen-bond donors (Lipinski definition) is 2. The molecule has 0 radical (unpaired) electrons. The van der Waals surface area contributed by atoms with Gasteiger partial charge in [-0.2, -0.15) is 13.5 Å². The van der Waals surface area contributed by atoms with Gasteiger partial charge in [0.15, 0.2) is 5.75 Å². The monoisotopic (exact) mass is 595 g/mol. The van der Waals surface area contributed by atoms with Crippen molar-refractivity contribution in [2.24, 2.45) is 10.2 Å². The van der Waals surface area contributed by atoms with Crippen LogP contribution in [0, 0.1) is 0 Å². The largest absolute Gasteiger partial charge is 1.00 e. The van der Waals surface area contributed by atoms with E-state index in [2.05, 4.69) is 15.5 Å². The molecule has 0 aliphatic heterocycles. The van der Waals surface area contributed by atoms with Crippen LogP contribution in [0.3, 0.4) is 0 Å². The number of para-hydroxylation sites is 1. The Morgan fingerprint density at radius 2 is 1.79 bits per heavy atom. The maximum atomic E-state index is 13.5. The van der Waals surface area contributed by atoms with Gasteiger partial charge in [-0.1, -0.05) is 66.2 Å². The summed E-state index contributed by atoms with van der Waals surface area (Å²) in [6.07, 6.45) is 0.233. The maximum absolute atomic E-state index is 13.5. The van der Waals surface area contributed by atoms with Crippen molar-refractivity contribution in [1.82, 2.24) is 0 Å². The smallest absolute Gasteiger partial charge is 0.870 e. The van der Waals surface area contributed by atoms with Crippen LogP contribution in [0.15, 0.2) is 75.8 Å². The van der Waals surface area contributed by atoms with Gasteiger partial charge in [-0.05, 0) is 47.7 Å². The van der Waals surface area contributed by atoms with Gasteiger partial charge < -0.3 is 15.2 Å². The van der Waals surface area contributed by atoms with E-state index in [0.29, 0.717) is 10.8 Å². The van der Waals surface area contributed by atoms with E-state index >= 15 is 0 Å². The molecule has 1 amide bonds. The molecule has 0 saturated carbocycles. The van der Waals surface area contributed by atoms with Crippen molar-refractivity contribution in [2.75, 3.05) is 12.4 Å². The zero-order chi connectivity index (χ0) is 27.6. The first-order valence-corrected chi connectivity index (χ1v) is 13.3. The van der Waals surface area contributed by atoms with Crippen molar-refractivity contribution in [3.05, 3.63) is 81.8 Å². The van der Waals surface area contributed by atoms with Crippen molar-refractivity contribution in [1.29, 1.82) is 0 Å². The minimum Gasteiger partial charge on any atom is -0.870 e. The first-order chi connectivity index (χ1) is 18.0. The number of methoxy groups -OCH3 is 1. The van der Waals surface area contributed by atoms with E-state index in [0.717, 1.165) is 0 Å². The fraction of sp³-hybridized carbons (Fsp3) is 0.115. The summed E-state index contributed by atoms with van der Waals surface area (Å²) < 4.78 is 39.3. The van der Waals surface area contributed by atoms with Gasteiger partial charge in [0.25, 0.3) is 16.0 Å². The molecular weight excluding hydrogens is 576 g/mol. The molecule has 0 spiro atoms. The number of carbonyl (C=O) groups is 1. The van der Waals surface area contributed by atoms with Crippen LogP contribution in [0.5, 0.6) is 11.5 Å². The number of nitrogens with zero attached hydrogens (tertiary/aromatic N) is 2. The Bertz CT molecular complexity index is 1710. The molecule has 2 N–H and O–H groups in total. The predicted octanol–water partition coefficient (Wildman–Crippen LogP) is 3.71. The van der Waals surface area contributed by atoms with Gasteiger partial charge in [0.1, 0.15) is 10.6 Å². The number of aryl methyl sites for hydroxylation is 1. The third-order valence-electron chi connectivity index (χ3n) is 5.65. The van der Waals surface area contributed by atoms with Crippen LogP contribution < -0.4 is 44.7 Å². The second-order valence-corrected chi connectivity index (χ2v) is 10.2. The number of anilines is 1. The summed E-state index contributed by atoms with van der Waals surface area (Å²) in [5, 5.41) is 25.4. The summed E-state index contributed by atoms with van der Waals surface area (Å²) in [5.41, 5.74) is -0.214. The Hall–Kier alpha value is -2.70. The average Bonchev–Trinajstić information content (AvgIpc) is 2.86. The fourth-order valence-electron chi connectivity index (χ4n) is 3.95. The zero-order valence-corrected chi connectivity index (χ0v) is 25.4. The van der Waals surface area contributed by atoms with Crippen LogP contribution in [0.4, 0.5) is 17.1 Å². The Kier molecular flexibility index (Phi) is 10.0. The summed E-state index contributed by atoms with van der Waals surface area (Å²) in [6.45, 7) is 1.68. The third kappa shape index (κ3) is 6.55. The fourth-order valence-corrected chi connectivity index (χ4v) is 5.34. The molecule has 4 aromatic carbocycles. The number of nitrogens with one attached hydrogen (secondary N) is 1. The van der Waals surface area contributed by atoms with Gasteiger partial charge in [0.05, 0.1) is 23.5 Å². The van der Waals surface area contributed by atoms with Crippen LogP contribution >= 0.6 is 23.2 Å². The van der Waals surface area contributed by atoms with Crippen LogP contribution in [-0.2, 0) is 16.5 Å². The number of halogens is 2. The SMILES string of the molecule is CCc1cc(Cl)cc(N=Nc2c([O-])c(C(=O)Nc3cccc(Cl)c3OC)cc3ccccc23)c1S(=O)(=O)O.[Na+]. The quantitative estimate of drug-likeness (QED) is 0.189. The molecule has 0 aromatic heterocycles. The van der Waals surface area contributed by atoms with Gasteiger partial charge in [-0.15, -0.1) is 5.11 Å². The molecule has 0 aliphatic carbocycles. The predicted molar refractivity (Wildman–Crippen MR) is 144 cm³/mol. The molecule has 0 atom stereocenters. The van der Waals surface area contributed by atoms with E-state index in [1.807, 2.05) is 0 Å². The first-order valence-electron chi connectivity index (χ1n) is 11.1. The average molecular weight is 596 g/mol. The summed E-state index contributed by atoms with van der Waals surface area (Å²) in [4.78, 5) is 12.7. The van der Waals surface area contributed by atoms with E-state index in [1.165, 1.54) is 25.3 Å². The van der Waals surface area contributed by atoms with Crippen molar-refractivity contribution in [3.63, 3.8) is 0 Å². The molecule has 4 rings (SSSR count). The first kappa shape index (κ1) is 30.8. The molecule has 0 fully saturated rings. The second-order valence-electron chi connectivity index (χ2n) is 8.04. The summed E-state index contributed by atoms with van der Waals surface area (Å²) >= 11 is 12.3. The van der Waals surface area contributed by atoms with Gasteiger partial charge in [0, 0.05) is 16.0 Å². The molecule has 0 bridgehead atoms. The Balaban J connectivity index is 0.00000420. The Morgan fingerprint density at radius 3 is 2.46 bits per heavy atom. The van der Waals surface area contributed by atoms with E-state index in [9.17, 15) is 22.9 Å². The minimum absolute atomic E-state index is 0. The van der Waals surface area contributed by atoms with Crippen molar-refractivity contribution in [3.8, 4) is 11.5 Å². The van der Waals surface area contributed by atoms with Crippen LogP contribution in [0.25, 0.3) is 10.8 Å². The number of benzene rings is 4. The molecule has 9 nitrogen and oxygen atoms in total. The molecule has 0 heterocycles. The molecule has 0 aliphatic rings. The van der Waals surface area contributed by atoms with E-state index in [4.69, 9.17) is 27.9 Å². The topological polar surface area (TPSA) is 140 Å². The maximum Gasteiger partial charge on any atom is 1.00 e. The third-order valence-corrected chi connectivity index (χ3v) is 7.15. The number of rotatable bonds is 7. The summed E-state index contributed by atoms with van der Waals surface area (Å²) in [7, 11) is -3.30. The molecule has 4 aromatic rings. The standard InChI is InChI=1S/C26H21Cl2N3O6S.Na/c1-3-14-11-16(27)13-21(25(14)38(34,35)36)30-31-22-17-8-5-4-7-15(17)12-18(23(22)32)26(33)29-20-10-6-9-19(28)24(20)37-2;/h4-13,32H,3H2,1-2H3,(H,29,33)(H,34,35,36);/q;+1/p-1. The number of ether oxygens (including phenoxy) is 1.